The topological polar surface area (TPSA) is 134 Å². The molecule has 1 aliphatic carbocycles. The van der Waals surface area contributed by atoms with E-state index in [4.69, 9.17) is 14.6 Å². The van der Waals surface area contributed by atoms with Crippen molar-refractivity contribution >= 4 is 21.6 Å². The lowest BCUT2D eigenvalue weighted by molar-refractivity contribution is 0.132. The number of nitrogens with one attached hydrogen (secondary N) is 1. The summed E-state index contributed by atoms with van der Waals surface area (Å²) in [6.07, 6.45) is 4.73. The van der Waals surface area contributed by atoms with Gasteiger partial charge in [-0.15, -0.1) is 4.36 Å². The van der Waals surface area contributed by atoms with Gasteiger partial charge in [0.05, 0.1) is 25.5 Å². The largest absolute Gasteiger partial charge is 0.481 e. The van der Waals surface area contributed by atoms with Gasteiger partial charge in [-0.25, -0.2) is 23.8 Å². The van der Waals surface area contributed by atoms with Crippen LogP contribution in [0.1, 0.15) is 25.0 Å². The molecule has 33 heavy (non-hydrogen) atoms. The third-order valence-electron chi connectivity index (χ3n) is 5.74. The van der Waals surface area contributed by atoms with Crippen molar-refractivity contribution in [1.82, 2.24) is 14.8 Å². The van der Waals surface area contributed by atoms with E-state index in [9.17, 15) is 9.00 Å². The highest BCUT2D eigenvalue weighted by Gasteiger charge is 2.35. The predicted octanol–water partition coefficient (Wildman–Crippen LogP) is 3.16. The maximum absolute atomic E-state index is 13.2. The third-order valence-corrected chi connectivity index (χ3v) is 7.09. The first-order valence-electron chi connectivity index (χ1n) is 10.4. The van der Waals surface area contributed by atoms with Crippen LogP contribution in [0.25, 0.3) is 11.1 Å². The maximum atomic E-state index is 13.2. The summed E-state index contributed by atoms with van der Waals surface area (Å²) in [4.78, 5) is 17.1. The number of carbonyl (C=O) groups is 1. The number of hydrogen-bond donors (Lipinski definition) is 2. The number of nitrogens with zero attached hydrogens (tertiary/aromatic N) is 4. The molecular weight excluding hydrogens is 444 g/mol. The van der Waals surface area contributed by atoms with Crippen LogP contribution in [-0.4, -0.2) is 37.7 Å². The van der Waals surface area contributed by atoms with Crippen LogP contribution in [0.15, 0.2) is 45.9 Å². The van der Waals surface area contributed by atoms with Crippen LogP contribution in [0, 0.1) is 0 Å². The van der Waals surface area contributed by atoms with Crippen molar-refractivity contribution in [3.63, 3.8) is 0 Å². The lowest BCUT2D eigenvalue weighted by atomic mass is 9.84. The number of anilines is 1. The Bertz CT molecular complexity index is 1400. The van der Waals surface area contributed by atoms with Crippen molar-refractivity contribution in [2.75, 3.05) is 12.4 Å². The van der Waals surface area contributed by atoms with Crippen LogP contribution < -0.4 is 19.9 Å². The molecule has 1 atom stereocenters. The SMILES string of the molecule is COc1cc(-c2ccc3c(c2NC(=O)N=[S@@](N)(=O)c2cnn4c2OC(C)(C)C4)CC3)ccn1. The number of carbonyl (C=O) groups excluding carboxylic acids is 1. The second-order valence-corrected chi connectivity index (χ2v) is 10.4. The molecule has 0 unspecified atom stereocenters. The number of rotatable bonds is 4. The van der Waals surface area contributed by atoms with Gasteiger partial charge in [-0.05, 0) is 49.4 Å². The normalized spacial score (nSPS) is 17.1. The first kappa shape index (κ1) is 21.4. The van der Waals surface area contributed by atoms with Gasteiger partial charge in [-0.3, -0.25) is 0 Å². The number of benzene rings is 1. The summed E-state index contributed by atoms with van der Waals surface area (Å²) < 4.78 is 29.7. The highest BCUT2D eigenvalue weighted by Crippen LogP contribution is 2.39. The minimum Gasteiger partial charge on any atom is -0.481 e. The molecular formula is C22H24N6O4S. The molecule has 3 N–H and O–H groups in total. The number of aryl methyl sites for hydroxylation is 1. The zero-order valence-electron chi connectivity index (χ0n) is 18.5. The van der Waals surface area contributed by atoms with Gasteiger partial charge in [0.25, 0.3) is 0 Å². The summed E-state index contributed by atoms with van der Waals surface area (Å²) in [5.74, 6) is 0.734. The summed E-state index contributed by atoms with van der Waals surface area (Å²) in [5, 5.41) is 13.0. The Hall–Kier alpha value is -3.44. The van der Waals surface area contributed by atoms with Crippen molar-refractivity contribution in [3.05, 3.63) is 47.8 Å². The van der Waals surface area contributed by atoms with Crippen molar-refractivity contribution < 1.29 is 18.5 Å². The van der Waals surface area contributed by atoms with Gasteiger partial charge in [0.15, 0.2) is 9.92 Å². The predicted molar refractivity (Wildman–Crippen MR) is 123 cm³/mol. The van der Waals surface area contributed by atoms with E-state index in [0.717, 1.165) is 35.1 Å². The summed E-state index contributed by atoms with van der Waals surface area (Å²) in [5.41, 5.74) is 3.89. The molecule has 0 bridgehead atoms. The van der Waals surface area contributed by atoms with Crippen LogP contribution in [0.2, 0.25) is 0 Å². The number of pyridine rings is 1. The minimum atomic E-state index is -3.58. The van der Waals surface area contributed by atoms with Crippen LogP contribution in [0.5, 0.6) is 11.8 Å². The van der Waals surface area contributed by atoms with Crippen LogP contribution in [-0.2, 0) is 29.3 Å². The molecule has 3 heterocycles. The van der Waals surface area contributed by atoms with Crippen molar-refractivity contribution in [2.24, 2.45) is 9.50 Å². The van der Waals surface area contributed by atoms with E-state index in [1.807, 2.05) is 32.0 Å². The Morgan fingerprint density at radius 2 is 2.15 bits per heavy atom. The number of ether oxygens (including phenoxy) is 2. The summed E-state index contributed by atoms with van der Waals surface area (Å²) >= 11 is 0. The molecule has 10 nitrogen and oxygen atoms in total. The van der Waals surface area contributed by atoms with E-state index in [1.165, 1.54) is 6.20 Å². The Morgan fingerprint density at radius 3 is 2.88 bits per heavy atom. The van der Waals surface area contributed by atoms with Gasteiger partial charge in [0, 0.05) is 17.8 Å². The number of fused-ring (bicyclic) bond motifs is 2. The zero-order valence-corrected chi connectivity index (χ0v) is 19.3. The van der Waals surface area contributed by atoms with E-state index >= 15 is 0 Å². The molecule has 0 saturated carbocycles. The van der Waals surface area contributed by atoms with Crippen LogP contribution >= 0.6 is 0 Å². The number of aromatic nitrogens is 3. The van der Waals surface area contributed by atoms with E-state index in [1.54, 1.807) is 24.1 Å². The summed E-state index contributed by atoms with van der Waals surface area (Å²) in [6, 6.07) is 6.78. The highest BCUT2D eigenvalue weighted by molar-refractivity contribution is 7.91. The molecule has 2 aromatic heterocycles. The molecule has 1 aromatic carbocycles. The fourth-order valence-electron chi connectivity index (χ4n) is 4.10. The second kappa shape index (κ2) is 7.56. The Balaban J connectivity index is 1.50. The Morgan fingerprint density at radius 1 is 1.33 bits per heavy atom. The monoisotopic (exact) mass is 468 g/mol. The quantitative estimate of drug-likeness (QED) is 0.604. The van der Waals surface area contributed by atoms with Gasteiger partial charge >= 0.3 is 6.03 Å². The van der Waals surface area contributed by atoms with E-state index in [2.05, 4.69) is 19.8 Å². The number of hydrogen-bond acceptors (Lipinski definition) is 6. The van der Waals surface area contributed by atoms with Gasteiger partial charge in [0.2, 0.25) is 11.8 Å². The first-order valence-corrected chi connectivity index (χ1v) is 12.0. The minimum absolute atomic E-state index is 0.100. The fraction of sp³-hybridized carbons (Fsp3) is 0.318. The molecule has 0 fully saturated rings. The van der Waals surface area contributed by atoms with Crippen LogP contribution in [0.3, 0.4) is 0 Å². The number of amides is 2. The van der Waals surface area contributed by atoms with Gasteiger partial charge in [-0.1, -0.05) is 12.1 Å². The second-order valence-electron chi connectivity index (χ2n) is 8.64. The lowest BCUT2D eigenvalue weighted by Gasteiger charge is -2.25. The van der Waals surface area contributed by atoms with Gasteiger partial charge in [0.1, 0.15) is 10.5 Å². The third kappa shape index (κ3) is 3.83. The molecule has 2 amide bonds. The smallest absolute Gasteiger partial charge is 0.354 e. The lowest BCUT2D eigenvalue weighted by Crippen LogP contribution is -2.27. The van der Waals surface area contributed by atoms with Gasteiger partial charge < -0.3 is 14.8 Å². The Kier molecular flexibility index (Phi) is 4.91. The number of methoxy groups -OCH3 is 1. The molecule has 11 heteroatoms. The average molecular weight is 469 g/mol. The van der Waals surface area contributed by atoms with Crippen molar-refractivity contribution in [3.8, 4) is 22.9 Å². The Labute approximate surface area is 191 Å². The summed E-state index contributed by atoms with van der Waals surface area (Å²) in [6.45, 7) is 4.26. The highest BCUT2D eigenvalue weighted by atomic mass is 32.2. The van der Waals surface area contributed by atoms with E-state index in [-0.39, 0.29) is 10.8 Å². The van der Waals surface area contributed by atoms with Crippen LogP contribution in [0.4, 0.5) is 10.5 Å². The van der Waals surface area contributed by atoms with Gasteiger partial charge in [-0.2, -0.15) is 5.10 Å². The molecule has 3 aromatic rings. The van der Waals surface area contributed by atoms with E-state index in [0.29, 0.717) is 18.1 Å². The molecule has 0 saturated heterocycles. The molecule has 2 aliphatic rings. The molecule has 0 radical (unpaired) electrons. The first-order chi connectivity index (χ1) is 15.7. The number of nitrogens with two attached hydrogens (primary N) is 1. The fourth-order valence-corrected chi connectivity index (χ4v) is 5.08. The average Bonchev–Trinajstić information content (AvgIpc) is 3.24. The molecule has 1 aliphatic heterocycles. The molecule has 172 valence electrons. The zero-order chi connectivity index (χ0) is 23.4. The molecule has 5 rings (SSSR count). The van der Waals surface area contributed by atoms with Crippen molar-refractivity contribution in [1.29, 1.82) is 0 Å². The standard InChI is InChI=1S/C22H24N6O4S/c1-22(2)12-28-20(32-22)17(11-25-28)33(23,30)27-21(29)26-19-15-6-4-13(15)5-7-16(19)14-8-9-24-18(10-14)31-3/h5,7-11H,4,6,12H2,1-3H3,(H3,23,26,27,29,30)/t33-/m1/s1. The number of urea groups is 1. The molecule has 0 spiro atoms. The van der Waals surface area contributed by atoms with E-state index < -0.39 is 21.5 Å². The summed E-state index contributed by atoms with van der Waals surface area (Å²) in [7, 11) is -2.04. The maximum Gasteiger partial charge on any atom is 0.354 e. The van der Waals surface area contributed by atoms with Crippen molar-refractivity contribution in [2.45, 2.75) is 43.7 Å².